The number of benzene rings is 1. The van der Waals surface area contributed by atoms with Crippen LogP contribution in [0, 0.1) is 19.3 Å². The first-order valence-electron chi connectivity index (χ1n) is 8.94. The standard InChI is InChI=1S/C15H20.C9H8.C2H6/c1-6-8-9-10-14(4)15(5)12-11-13(3)7-2;1-3-9-6-4-5-8(2)7-9;1-2/h6-12H,1,5H2,2-4H3;1,4-7H,2H3;1-2H3/b9-8-,12-11-,13-7-,14-10+;;. The zero-order valence-electron chi connectivity index (χ0n) is 17.3. The van der Waals surface area contributed by atoms with Crippen LogP contribution in [-0.2, 0) is 0 Å². The van der Waals surface area contributed by atoms with Crippen molar-refractivity contribution in [3.63, 3.8) is 0 Å². The number of hydrogen-bond acceptors (Lipinski definition) is 0. The van der Waals surface area contributed by atoms with Gasteiger partial charge in [0.15, 0.2) is 0 Å². The summed E-state index contributed by atoms with van der Waals surface area (Å²) in [6, 6.07) is 7.90. The molecular formula is C26H34. The predicted octanol–water partition coefficient (Wildman–Crippen LogP) is 7.76. The zero-order valence-corrected chi connectivity index (χ0v) is 17.3. The summed E-state index contributed by atoms with van der Waals surface area (Å²) in [7, 11) is 0. The molecule has 0 N–H and O–H groups in total. The molecule has 1 rings (SSSR count). The molecule has 0 aromatic heterocycles. The van der Waals surface area contributed by atoms with Gasteiger partial charge in [-0.05, 0) is 56.5 Å². The Morgan fingerprint density at radius 1 is 1.12 bits per heavy atom. The Morgan fingerprint density at radius 2 is 1.77 bits per heavy atom. The molecule has 0 amide bonds. The highest BCUT2D eigenvalue weighted by molar-refractivity contribution is 5.40. The van der Waals surface area contributed by atoms with Gasteiger partial charge in [-0.1, -0.05) is 93.2 Å². The van der Waals surface area contributed by atoms with E-state index in [0.717, 1.165) is 16.7 Å². The quantitative estimate of drug-likeness (QED) is 0.377. The molecule has 0 aliphatic heterocycles. The van der Waals surface area contributed by atoms with Crippen molar-refractivity contribution in [1.82, 2.24) is 0 Å². The first kappa shape index (κ1) is 25.5. The zero-order chi connectivity index (χ0) is 20.4. The van der Waals surface area contributed by atoms with E-state index in [1.54, 1.807) is 6.08 Å². The summed E-state index contributed by atoms with van der Waals surface area (Å²) in [6.07, 6.45) is 19.0. The van der Waals surface area contributed by atoms with Gasteiger partial charge in [-0.3, -0.25) is 0 Å². The highest BCUT2D eigenvalue weighted by Gasteiger charge is 1.89. The number of hydrogen-bond donors (Lipinski definition) is 0. The Labute approximate surface area is 162 Å². The summed E-state index contributed by atoms with van der Waals surface area (Å²) in [4.78, 5) is 0. The van der Waals surface area contributed by atoms with Gasteiger partial charge in [-0.15, -0.1) is 6.42 Å². The number of rotatable bonds is 5. The van der Waals surface area contributed by atoms with Gasteiger partial charge >= 0.3 is 0 Å². The van der Waals surface area contributed by atoms with Crippen molar-refractivity contribution in [2.75, 3.05) is 0 Å². The maximum absolute atomic E-state index is 5.17. The van der Waals surface area contributed by atoms with Crippen molar-refractivity contribution in [2.24, 2.45) is 0 Å². The third-order valence-corrected chi connectivity index (χ3v) is 3.29. The molecule has 0 radical (unpaired) electrons. The van der Waals surface area contributed by atoms with Crippen LogP contribution >= 0.6 is 0 Å². The smallest absolute Gasteiger partial charge is 0.0245 e. The fraction of sp³-hybridized carbons (Fsp3) is 0.231. The Morgan fingerprint density at radius 3 is 2.23 bits per heavy atom. The van der Waals surface area contributed by atoms with E-state index < -0.39 is 0 Å². The van der Waals surface area contributed by atoms with E-state index in [0.29, 0.717) is 0 Å². The Hall–Kier alpha value is -2.78. The van der Waals surface area contributed by atoms with Crippen molar-refractivity contribution < 1.29 is 0 Å². The first-order chi connectivity index (χ1) is 12.4. The molecule has 0 unspecified atom stereocenters. The molecule has 0 atom stereocenters. The molecule has 1 aromatic rings. The lowest BCUT2D eigenvalue weighted by Gasteiger charge is -1.98. The average Bonchev–Trinajstić information content (AvgIpc) is 2.67. The van der Waals surface area contributed by atoms with Gasteiger partial charge in [0.05, 0.1) is 0 Å². The fourth-order valence-corrected chi connectivity index (χ4v) is 1.58. The maximum atomic E-state index is 5.17. The molecule has 26 heavy (non-hydrogen) atoms. The molecule has 0 nitrogen and oxygen atoms in total. The van der Waals surface area contributed by atoms with Gasteiger partial charge in [0.25, 0.3) is 0 Å². The van der Waals surface area contributed by atoms with Gasteiger partial charge in [0, 0.05) is 5.56 Å². The Kier molecular flexibility index (Phi) is 16.7. The second kappa shape index (κ2) is 17.1. The molecule has 0 spiro atoms. The van der Waals surface area contributed by atoms with Crippen LogP contribution in [0.15, 0.2) is 96.7 Å². The lowest BCUT2D eigenvalue weighted by Crippen LogP contribution is -1.78. The molecule has 0 fully saturated rings. The molecular weight excluding hydrogens is 312 g/mol. The normalized spacial score (nSPS) is 11.1. The van der Waals surface area contributed by atoms with Gasteiger partial charge in [-0.2, -0.15) is 0 Å². The summed E-state index contributed by atoms with van der Waals surface area (Å²) in [5, 5.41) is 0. The lowest BCUT2D eigenvalue weighted by atomic mass is 10.1. The van der Waals surface area contributed by atoms with E-state index in [4.69, 9.17) is 6.42 Å². The SMILES string of the molecule is C#Cc1cccc(C)c1.C=C/C=C\C=C(/C)C(=C)/C=C\C(C)=C/C.CC. The van der Waals surface area contributed by atoms with Gasteiger partial charge in [-0.25, -0.2) is 0 Å². The topological polar surface area (TPSA) is 0 Å². The summed E-state index contributed by atoms with van der Waals surface area (Å²) < 4.78 is 0. The van der Waals surface area contributed by atoms with Crippen LogP contribution in [0.25, 0.3) is 0 Å². The van der Waals surface area contributed by atoms with E-state index in [-0.39, 0.29) is 0 Å². The number of aryl methyl sites for hydroxylation is 1. The molecule has 0 heteroatoms. The van der Waals surface area contributed by atoms with Crippen LogP contribution in [0.2, 0.25) is 0 Å². The van der Waals surface area contributed by atoms with Crippen LogP contribution in [0.1, 0.15) is 45.7 Å². The molecule has 0 saturated heterocycles. The van der Waals surface area contributed by atoms with E-state index >= 15 is 0 Å². The summed E-state index contributed by atoms with van der Waals surface area (Å²) >= 11 is 0. The van der Waals surface area contributed by atoms with Crippen molar-refractivity contribution >= 4 is 0 Å². The maximum Gasteiger partial charge on any atom is 0.0245 e. The third-order valence-electron chi connectivity index (χ3n) is 3.29. The fourth-order valence-electron chi connectivity index (χ4n) is 1.58. The molecule has 138 valence electrons. The molecule has 0 heterocycles. The minimum absolute atomic E-state index is 0.954. The highest BCUT2D eigenvalue weighted by Crippen LogP contribution is 2.09. The van der Waals surface area contributed by atoms with Gasteiger partial charge < -0.3 is 0 Å². The van der Waals surface area contributed by atoms with E-state index in [1.807, 2.05) is 83.2 Å². The molecule has 0 bridgehead atoms. The summed E-state index contributed by atoms with van der Waals surface area (Å²) in [6.45, 7) is 19.8. The van der Waals surface area contributed by atoms with Crippen LogP contribution in [0.4, 0.5) is 0 Å². The summed E-state index contributed by atoms with van der Waals surface area (Å²) in [5.41, 5.74) is 5.60. The average molecular weight is 347 g/mol. The van der Waals surface area contributed by atoms with Gasteiger partial charge in [0.1, 0.15) is 0 Å². The monoisotopic (exact) mass is 346 g/mol. The molecule has 0 saturated carbocycles. The summed E-state index contributed by atoms with van der Waals surface area (Å²) in [5.74, 6) is 2.57. The predicted molar refractivity (Wildman–Crippen MR) is 121 cm³/mol. The first-order valence-corrected chi connectivity index (χ1v) is 8.94. The Bertz CT molecular complexity index is 698. The Balaban J connectivity index is 0. The second-order valence-corrected chi connectivity index (χ2v) is 5.38. The van der Waals surface area contributed by atoms with Crippen LogP contribution in [-0.4, -0.2) is 0 Å². The number of allylic oxidation sites excluding steroid dienone is 10. The molecule has 0 aliphatic carbocycles. The van der Waals surface area contributed by atoms with E-state index in [1.165, 1.54) is 11.1 Å². The third kappa shape index (κ3) is 13.6. The van der Waals surface area contributed by atoms with Crippen molar-refractivity contribution in [2.45, 2.75) is 41.5 Å². The highest BCUT2D eigenvalue weighted by atomic mass is 14.0. The van der Waals surface area contributed by atoms with Crippen molar-refractivity contribution in [3.8, 4) is 12.3 Å². The van der Waals surface area contributed by atoms with E-state index in [2.05, 4.69) is 38.2 Å². The molecule has 1 aromatic carbocycles. The van der Waals surface area contributed by atoms with Crippen molar-refractivity contribution in [1.29, 1.82) is 0 Å². The number of terminal acetylenes is 1. The lowest BCUT2D eigenvalue weighted by molar-refractivity contribution is 1.42. The van der Waals surface area contributed by atoms with Crippen LogP contribution in [0.5, 0.6) is 0 Å². The van der Waals surface area contributed by atoms with E-state index in [9.17, 15) is 0 Å². The minimum atomic E-state index is 0.954. The van der Waals surface area contributed by atoms with Gasteiger partial charge in [0.2, 0.25) is 0 Å². The minimum Gasteiger partial charge on any atom is -0.115 e. The second-order valence-electron chi connectivity index (χ2n) is 5.38. The largest absolute Gasteiger partial charge is 0.115 e. The molecule has 0 aliphatic rings. The van der Waals surface area contributed by atoms with Crippen molar-refractivity contribution in [3.05, 3.63) is 108 Å². The van der Waals surface area contributed by atoms with Crippen LogP contribution < -0.4 is 0 Å². The van der Waals surface area contributed by atoms with Crippen LogP contribution in [0.3, 0.4) is 0 Å².